The summed E-state index contributed by atoms with van der Waals surface area (Å²) in [6.45, 7) is 12.9. The highest BCUT2D eigenvalue weighted by Crippen LogP contribution is 2.17. The molecule has 0 amide bonds. The molecule has 2 N–H and O–H groups in total. The van der Waals surface area contributed by atoms with Crippen molar-refractivity contribution in [2.24, 2.45) is 0 Å². The van der Waals surface area contributed by atoms with Gasteiger partial charge in [0.1, 0.15) is 23.9 Å². The Labute approximate surface area is 402 Å². The first kappa shape index (κ1) is 64.9. The van der Waals surface area contributed by atoms with Crippen LogP contribution in [0.2, 0.25) is 0 Å². The lowest BCUT2D eigenvalue weighted by Gasteiger charge is -2.23. The minimum absolute atomic E-state index is 0.418. The van der Waals surface area contributed by atoms with Crippen molar-refractivity contribution in [3.05, 3.63) is 20.4 Å². The molecular formula is C55H108N4O6. The number of anilines is 2. The molecule has 0 heterocycles. The molecule has 0 aliphatic rings. The van der Waals surface area contributed by atoms with Crippen molar-refractivity contribution in [3.8, 4) is 0 Å². The fourth-order valence-electron chi connectivity index (χ4n) is 8.06. The third-order valence-corrected chi connectivity index (χ3v) is 12.4. The SMILES string of the molecule is CCCCCCCCC(CCCCCCCC)OC.CCCCCCCCCOC.CN(C)CCNc1c(NCCCN(CCCCCCCC=O)CCCCCCCC=O)c(=O)c1=O. The summed E-state index contributed by atoms with van der Waals surface area (Å²) in [5.41, 5.74) is 0.0244. The van der Waals surface area contributed by atoms with E-state index in [4.69, 9.17) is 9.47 Å². The number of aldehydes is 2. The van der Waals surface area contributed by atoms with Gasteiger partial charge in [-0.3, -0.25) is 9.59 Å². The van der Waals surface area contributed by atoms with E-state index in [0.717, 1.165) is 90.3 Å². The summed E-state index contributed by atoms with van der Waals surface area (Å²) in [5.74, 6) is 0. The fraction of sp³-hybridized carbons (Fsp3) is 0.891. The van der Waals surface area contributed by atoms with Gasteiger partial charge in [0.2, 0.25) is 0 Å². The van der Waals surface area contributed by atoms with E-state index in [1.165, 1.54) is 161 Å². The fourth-order valence-corrected chi connectivity index (χ4v) is 8.06. The van der Waals surface area contributed by atoms with Crippen molar-refractivity contribution in [1.82, 2.24) is 9.80 Å². The molecule has 0 atom stereocenters. The van der Waals surface area contributed by atoms with Gasteiger partial charge in [0.25, 0.3) is 10.9 Å². The van der Waals surface area contributed by atoms with E-state index >= 15 is 0 Å². The molecule has 1 aromatic rings. The van der Waals surface area contributed by atoms with Crippen LogP contribution in [0.25, 0.3) is 0 Å². The first-order chi connectivity index (χ1) is 31.8. The van der Waals surface area contributed by atoms with Crippen molar-refractivity contribution < 1.29 is 19.1 Å². The quantitative estimate of drug-likeness (QED) is 0.0372. The van der Waals surface area contributed by atoms with Crippen LogP contribution in [0, 0.1) is 0 Å². The zero-order chi connectivity index (χ0) is 48.3. The van der Waals surface area contributed by atoms with Crippen molar-refractivity contribution in [2.75, 3.05) is 84.8 Å². The Morgan fingerprint density at radius 3 is 1.23 bits per heavy atom. The van der Waals surface area contributed by atoms with E-state index in [1.54, 1.807) is 7.11 Å². The van der Waals surface area contributed by atoms with E-state index < -0.39 is 10.9 Å². The highest BCUT2D eigenvalue weighted by molar-refractivity contribution is 5.73. The Kier molecular flexibility index (Phi) is 52.8. The molecule has 0 bridgehead atoms. The molecule has 0 spiro atoms. The van der Waals surface area contributed by atoms with Gasteiger partial charge in [-0.1, -0.05) is 175 Å². The molecule has 0 saturated carbocycles. The van der Waals surface area contributed by atoms with Crippen LogP contribution in [0.3, 0.4) is 0 Å². The molecule has 1 aromatic carbocycles. The molecule has 0 radical (unpaired) electrons. The Morgan fingerprint density at radius 2 is 0.831 bits per heavy atom. The second-order valence-corrected chi connectivity index (χ2v) is 18.8. The number of carbonyl (C=O) groups excluding carboxylic acids is 2. The van der Waals surface area contributed by atoms with Crippen LogP contribution in [-0.4, -0.2) is 103 Å². The average molecular weight is 921 g/mol. The van der Waals surface area contributed by atoms with Crippen LogP contribution in [0.15, 0.2) is 9.59 Å². The number of nitrogens with zero attached hydrogens (tertiary/aromatic N) is 2. The number of methoxy groups -OCH3 is 2. The Hall–Kier alpha value is -2.14. The number of carbonyl (C=O) groups is 2. The molecule has 0 unspecified atom stereocenters. The Bertz CT molecular complexity index is 1140. The summed E-state index contributed by atoms with van der Waals surface area (Å²) >= 11 is 0. The highest BCUT2D eigenvalue weighted by atomic mass is 16.5. The smallest absolute Gasteiger partial charge is 0.253 e. The van der Waals surface area contributed by atoms with E-state index in [-0.39, 0.29) is 0 Å². The van der Waals surface area contributed by atoms with Crippen LogP contribution in [0.4, 0.5) is 11.4 Å². The number of ether oxygens (including phenoxy) is 2. The van der Waals surface area contributed by atoms with Gasteiger partial charge in [-0.05, 0) is 85.1 Å². The normalized spacial score (nSPS) is 11.2. The minimum atomic E-state index is -0.422. The van der Waals surface area contributed by atoms with Crippen LogP contribution in [0.5, 0.6) is 0 Å². The number of rotatable bonds is 48. The first-order valence-corrected chi connectivity index (χ1v) is 27.3. The number of unbranched alkanes of at least 4 members (excludes halogenated alkanes) is 26. The maximum Gasteiger partial charge on any atom is 0.253 e. The molecule has 0 fully saturated rings. The Balaban J connectivity index is 0. The van der Waals surface area contributed by atoms with Crippen molar-refractivity contribution in [1.29, 1.82) is 0 Å². The summed E-state index contributed by atoms with van der Waals surface area (Å²) in [7, 11) is 7.60. The molecule has 1 rings (SSSR count). The summed E-state index contributed by atoms with van der Waals surface area (Å²) in [5, 5.41) is 6.28. The van der Waals surface area contributed by atoms with Gasteiger partial charge in [0.15, 0.2) is 0 Å². The molecule has 0 aromatic heterocycles. The monoisotopic (exact) mass is 921 g/mol. The Morgan fingerprint density at radius 1 is 0.462 bits per heavy atom. The predicted molar refractivity (Wildman–Crippen MR) is 282 cm³/mol. The van der Waals surface area contributed by atoms with Gasteiger partial charge in [-0.25, -0.2) is 0 Å². The molecule has 0 aliphatic heterocycles. The lowest BCUT2D eigenvalue weighted by molar-refractivity contribution is -0.108. The number of nitrogens with one attached hydrogen (secondary N) is 2. The predicted octanol–water partition coefficient (Wildman–Crippen LogP) is 13.3. The van der Waals surface area contributed by atoms with Crippen molar-refractivity contribution in [2.45, 2.75) is 245 Å². The second kappa shape index (κ2) is 52.8. The van der Waals surface area contributed by atoms with Gasteiger partial charge >= 0.3 is 0 Å². The van der Waals surface area contributed by atoms with Crippen molar-refractivity contribution >= 4 is 23.9 Å². The summed E-state index contributed by atoms with van der Waals surface area (Å²) in [6.07, 6.45) is 44.9. The minimum Gasteiger partial charge on any atom is -0.385 e. The second-order valence-electron chi connectivity index (χ2n) is 18.8. The topological polar surface area (TPSA) is 117 Å². The van der Waals surface area contributed by atoms with Gasteiger partial charge in [-0.15, -0.1) is 0 Å². The van der Waals surface area contributed by atoms with Gasteiger partial charge in [-0.2, -0.15) is 0 Å². The third-order valence-electron chi connectivity index (χ3n) is 12.4. The number of hydrogen-bond acceptors (Lipinski definition) is 10. The molecule has 0 saturated heterocycles. The number of likely N-dealkylation sites (N-methyl/N-ethyl adjacent to an activating group) is 1. The first-order valence-electron chi connectivity index (χ1n) is 27.3. The van der Waals surface area contributed by atoms with E-state index in [9.17, 15) is 19.2 Å². The lowest BCUT2D eigenvalue weighted by atomic mass is 10.0. The third kappa shape index (κ3) is 44.1. The van der Waals surface area contributed by atoms with E-state index in [0.29, 0.717) is 43.4 Å². The maximum atomic E-state index is 12.0. The molecule has 65 heavy (non-hydrogen) atoms. The molecular weight excluding hydrogens is 813 g/mol. The summed E-state index contributed by atoms with van der Waals surface area (Å²) in [6, 6.07) is 0. The standard InChI is InChI=1S/C27H48N4O4.C18H38O.C10H22O/c1-30(2)21-17-29-25-24(26(34)27(25)35)28-16-15-20-31(18-11-7-3-5-9-13-22-32)19-12-8-4-6-10-14-23-33;1-4-6-8-10-12-14-16-18(19-3)17-15-13-11-9-7-5-2;1-3-4-5-6-7-8-9-10-11-2/h22-23,28-29H,3-21H2,1-2H3;18H,4-17H2,1-3H3;3-10H2,1-2H3. The summed E-state index contributed by atoms with van der Waals surface area (Å²) in [4.78, 5) is 49.2. The van der Waals surface area contributed by atoms with Gasteiger partial charge in [0, 0.05) is 53.3 Å². The van der Waals surface area contributed by atoms with Crippen LogP contribution in [-0.2, 0) is 19.1 Å². The van der Waals surface area contributed by atoms with Crippen LogP contribution < -0.4 is 21.5 Å². The van der Waals surface area contributed by atoms with Gasteiger partial charge < -0.3 is 39.5 Å². The molecule has 0 aliphatic carbocycles. The lowest BCUT2D eigenvalue weighted by Crippen LogP contribution is -2.39. The zero-order valence-electron chi connectivity index (χ0n) is 44.1. The van der Waals surface area contributed by atoms with Crippen molar-refractivity contribution in [3.63, 3.8) is 0 Å². The number of hydrogen-bond donors (Lipinski definition) is 2. The molecule has 384 valence electrons. The molecule has 10 nitrogen and oxygen atoms in total. The average Bonchev–Trinajstić information content (AvgIpc) is 3.31. The zero-order valence-corrected chi connectivity index (χ0v) is 44.1. The highest BCUT2D eigenvalue weighted by Gasteiger charge is 2.20. The van der Waals surface area contributed by atoms with Crippen LogP contribution >= 0.6 is 0 Å². The van der Waals surface area contributed by atoms with E-state index in [2.05, 4.69) is 36.3 Å². The largest absolute Gasteiger partial charge is 0.385 e. The maximum absolute atomic E-state index is 12.0. The van der Waals surface area contributed by atoms with Gasteiger partial charge in [0.05, 0.1) is 6.10 Å². The summed E-state index contributed by atoms with van der Waals surface area (Å²) < 4.78 is 10.6. The molecule has 10 heteroatoms. The van der Waals surface area contributed by atoms with E-state index in [1.807, 2.05) is 26.1 Å². The van der Waals surface area contributed by atoms with Crippen LogP contribution in [0.1, 0.15) is 239 Å².